The van der Waals surface area contributed by atoms with E-state index in [0.29, 0.717) is 91.4 Å². The second kappa shape index (κ2) is 36.0. The van der Waals surface area contributed by atoms with E-state index in [9.17, 15) is 19.2 Å². The molecule has 0 saturated carbocycles. The highest BCUT2D eigenvalue weighted by atomic mass is 16.5. The van der Waals surface area contributed by atoms with Gasteiger partial charge in [-0.25, -0.2) is 0 Å². The molecular formula is C36H70N4O8. The minimum absolute atomic E-state index is 0.105. The number of aliphatic carboxylic acids is 1. The first-order valence-corrected chi connectivity index (χ1v) is 18.9. The predicted molar refractivity (Wildman–Crippen MR) is 190 cm³/mol. The van der Waals surface area contributed by atoms with Crippen molar-refractivity contribution in [2.24, 2.45) is 5.73 Å². The molecule has 48 heavy (non-hydrogen) atoms. The van der Waals surface area contributed by atoms with E-state index >= 15 is 0 Å². The number of ether oxygens (including phenoxy) is 3. The van der Waals surface area contributed by atoms with E-state index in [1.165, 1.54) is 70.6 Å². The molecule has 3 amide bonds. The summed E-state index contributed by atoms with van der Waals surface area (Å²) >= 11 is 0. The maximum Gasteiger partial charge on any atom is 0.320 e. The van der Waals surface area contributed by atoms with E-state index < -0.39 is 12.0 Å². The number of hydrogen-bond acceptors (Lipinski definition) is 8. The van der Waals surface area contributed by atoms with Crippen LogP contribution in [0.2, 0.25) is 0 Å². The van der Waals surface area contributed by atoms with Crippen LogP contribution in [0.15, 0.2) is 0 Å². The Morgan fingerprint density at radius 3 is 1.31 bits per heavy atom. The van der Waals surface area contributed by atoms with Gasteiger partial charge in [-0.3, -0.25) is 19.2 Å². The number of carbonyl (C=O) groups is 4. The summed E-state index contributed by atoms with van der Waals surface area (Å²) in [5.74, 6) is -1.28. The van der Waals surface area contributed by atoms with Crippen molar-refractivity contribution in [3.05, 3.63) is 0 Å². The highest BCUT2D eigenvalue weighted by Crippen LogP contribution is 2.13. The molecule has 0 bridgehead atoms. The summed E-state index contributed by atoms with van der Waals surface area (Å²) in [6.07, 6.45) is 20.9. The van der Waals surface area contributed by atoms with Gasteiger partial charge in [-0.05, 0) is 38.5 Å². The summed E-state index contributed by atoms with van der Waals surface area (Å²) in [7, 11) is 0. The number of carbonyl (C=O) groups excluding carboxylic acids is 3. The van der Waals surface area contributed by atoms with Crippen LogP contribution in [0.4, 0.5) is 0 Å². The summed E-state index contributed by atoms with van der Waals surface area (Å²) in [5.41, 5.74) is 5.43. The Bertz CT molecular complexity index is 787. The Balaban J connectivity index is 3.31. The molecule has 0 aromatic heterocycles. The van der Waals surface area contributed by atoms with Gasteiger partial charge < -0.3 is 41.0 Å². The fourth-order valence-electron chi connectivity index (χ4n) is 4.98. The molecule has 12 nitrogen and oxygen atoms in total. The van der Waals surface area contributed by atoms with Crippen LogP contribution < -0.4 is 21.7 Å². The number of carboxylic acid groups (broad SMARTS) is 1. The van der Waals surface area contributed by atoms with Gasteiger partial charge >= 0.3 is 5.97 Å². The van der Waals surface area contributed by atoms with Crippen LogP contribution in [0, 0.1) is 0 Å². The Labute approximate surface area is 290 Å². The first-order valence-electron chi connectivity index (χ1n) is 18.9. The lowest BCUT2D eigenvalue weighted by molar-refractivity contribution is -0.138. The Morgan fingerprint density at radius 2 is 0.875 bits per heavy atom. The lowest BCUT2D eigenvalue weighted by Gasteiger charge is -2.09. The first-order chi connectivity index (χ1) is 23.4. The maximum absolute atomic E-state index is 12.0. The van der Waals surface area contributed by atoms with Crippen LogP contribution in [0.25, 0.3) is 0 Å². The average molecular weight is 687 g/mol. The van der Waals surface area contributed by atoms with Crippen molar-refractivity contribution in [3.8, 4) is 0 Å². The van der Waals surface area contributed by atoms with Gasteiger partial charge in [-0.1, -0.05) is 84.0 Å². The number of amides is 3. The van der Waals surface area contributed by atoms with Gasteiger partial charge in [0, 0.05) is 52.1 Å². The highest BCUT2D eigenvalue weighted by Gasteiger charge is 2.11. The van der Waals surface area contributed by atoms with Crippen LogP contribution in [0.1, 0.15) is 142 Å². The lowest BCUT2D eigenvalue weighted by Crippen LogP contribution is -2.31. The van der Waals surface area contributed by atoms with Crippen LogP contribution in [-0.2, 0) is 33.4 Å². The van der Waals surface area contributed by atoms with Gasteiger partial charge in [0.15, 0.2) is 0 Å². The molecule has 0 aliphatic carbocycles. The largest absolute Gasteiger partial charge is 0.480 e. The zero-order chi connectivity index (χ0) is 35.3. The van der Waals surface area contributed by atoms with Crippen molar-refractivity contribution >= 4 is 23.7 Å². The molecule has 0 aromatic rings. The van der Waals surface area contributed by atoms with E-state index in [0.717, 1.165) is 19.3 Å². The normalized spacial score (nSPS) is 11.7. The maximum atomic E-state index is 12.0. The number of carboxylic acids is 1. The van der Waals surface area contributed by atoms with Crippen molar-refractivity contribution in [2.45, 2.75) is 148 Å². The fraction of sp³-hybridized carbons (Fsp3) is 0.889. The van der Waals surface area contributed by atoms with Crippen LogP contribution in [-0.4, -0.2) is 94.1 Å². The number of nitrogens with one attached hydrogen (secondary N) is 3. The smallest absolute Gasteiger partial charge is 0.320 e. The molecule has 0 saturated heterocycles. The van der Waals surface area contributed by atoms with Gasteiger partial charge in [-0.15, -0.1) is 0 Å². The minimum Gasteiger partial charge on any atom is -0.480 e. The molecule has 0 aliphatic rings. The fourth-order valence-corrected chi connectivity index (χ4v) is 4.98. The van der Waals surface area contributed by atoms with E-state index in [4.69, 9.17) is 25.1 Å². The molecule has 0 aromatic carbocycles. The average Bonchev–Trinajstić information content (AvgIpc) is 3.07. The molecule has 12 heteroatoms. The lowest BCUT2D eigenvalue weighted by atomic mass is 10.0. The summed E-state index contributed by atoms with van der Waals surface area (Å²) < 4.78 is 16.6. The van der Waals surface area contributed by atoms with Gasteiger partial charge in [0.2, 0.25) is 17.7 Å². The van der Waals surface area contributed by atoms with Crippen LogP contribution in [0.5, 0.6) is 0 Å². The zero-order valence-electron chi connectivity index (χ0n) is 30.2. The second-order valence-corrected chi connectivity index (χ2v) is 12.5. The molecule has 0 radical (unpaired) electrons. The van der Waals surface area contributed by atoms with Crippen molar-refractivity contribution < 1.29 is 38.5 Å². The van der Waals surface area contributed by atoms with Crippen molar-refractivity contribution in [1.82, 2.24) is 16.0 Å². The van der Waals surface area contributed by atoms with Gasteiger partial charge in [0.25, 0.3) is 0 Å². The third kappa shape index (κ3) is 35.0. The van der Waals surface area contributed by atoms with Gasteiger partial charge in [0.1, 0.15) is 6.04 Å². The Kier molecular flexibility index (Phi) is 34.3. The number of nitrogens with two attached hydrogens (primary N) is 1. The van der Waals surface area contributed by atoms with Crippen molar-refractivity contribution in [2.75, 3.05) is 59.3 Å². The third-order valence-electron chi connectivity index (χ3n) is 7.99. The molecule has 0 spiro atoms. The zero-order valence-corrected chi connectivity index (χ0v) is 30.2. The van der Waals surface area contributed by atoms with E-state index in [1.54, 1.807) is 0 Å². The summed E-state index contributed by atoms with van der Waals surface area (Å²) in [6.45, 7) is 6.79. The standard InChI is InChI=1S/C36H70N4O8/c1-2-3-4-5-6-7-8-9-10-11-12-13-14-20-33(41)39-24-17-26-46-28-30-48-31-29-47-27-18-25-40-35(43)22-21-34(42)38-23-16-15-19-32(37)36(44)45/h32H,2-31,37H2,1H3,(H,38,42)(H,39,41)(H,40,43)(H,44,45)/t32-/m0/s1. The molecule has 0 aliphatic heterocycles. The molecule has 0 heterocycles. The van der Waals surface area contributed by atoms with Crippen molar-refractivity contribution in [1.29, 1.82) is 0 Å². The number of rotatable bonds is 37. The van der Waals surface area contributed by atoms with E-state index in [1.807, 2.05) is 0 Å². The third-order valence-corrected chi connectivity index (χ3v) is 7.99. The SMILES string of the molecule is CCCCCCCCCCCCCCCC(=O)NCCCOCCOCCOCCCNC(=O)CCC(=O)NCCCC[C@H](N)C(=O)O. The molecule has 0 unspecified atom stereocenters. The van der Waals surface area contributed by atoms with E-state index in [-0.39, 0.29) is 30.6 Å². The summed E-state index contributed by atoms with van der Waals surface area (Å²) in [4.78, 5) is 46.3. The molecule has 282 valence electrons. The predicted octanol–water partition coefficient (Wildman–Crippen LogP) is 5.01. The Hall–Kier alpha value is -2.28. The minimum atomic E-state index is -1.02. The molecule has 1 atom stereocenters. The monoisotopic (exact) mass is 687 g/mol. The van der Waals surface area contributed by atoms with Crippen LogP contribution in [0.3, 0.4) is 0 Å². The van der Waals surface area contributed by atoms with E-state index in [2.05, 4.69) is 22.9 Å². The second-order valence-electron chi connectivity index (χ2n) is 12.5. The Morgan fingerprint density at radius 1 is 0.500 bits per heavy atom. The molecule has 6 N–H and O–H groups in total. The molecule has 0 rings (SSSR count). The molecule has 0 fully saturated rings. The molecular weight excluding hydrogens is 616 g/mol. The summed E-state index contributed by atoms with van der Waals surface area (Å²) in [5, 5.41) is 17.2. The van der Waals surface area contributed by atoms with Crippen molar-refractivity contribution in [3.63, 3.8) is 0 Å². The highest BCUT2D eigenvalue weighted by molar-refractivity contribution is 5.83. The van der Waals surface area contributed by atoms with Crippen LogP contribution >= 0.6 is 0 Å². The topological polar surface area (TPSA) is 178 Å². The van der Waals surface area contributed by atoms with Gasteiger partial charge in [-0.2, -0.15) is 0 Å². The number of hydrogen-bond donors (Lipinski definition) is 5. The quantitative estimate of drug-likeness (QED) is 0.0562. The number of unbranched alkanes of at least 4 members (excludes halogenated alkanes) is 13. The summed E-state index contributed by atoms with van der Waals surface area (Å²) in [6, 6.07) is -0.874. The first kappa shape index (κ1) is 45.7. The van der Waals surface area contributed by atoms with Gasteiger partial charge in [0.05, 0.1) is 26.4 Å².